The molecule has 6 heteroatoms. The molecule has 0 amide bonds. The SMILES string of the molecule is O=[N+]([O-])c1cc(CNC2CCN3CCCC3C2)ccc1Br. The highest BCUT2D eigenvalue weighted by Gasteiger charge is 2.31. The lowest BCUT2D eigenvalue weighted by Crippen LogP contribution is -2.45. The fraction of sp³-hybridized carbons (Fsp3) is 0.600. The van der Waals surface area contributed by atoms with Crippen LogP contribution in [0.1, 0.15) is 31.2 Å². The van der Waals surface area contributed by atoms with E-state index < -0.39 is 0 Å². The van der Waals surface area contributed by atoms with Gasteiger partial charge in [0.15, 0.2) is 0 Å². The van der Waals surface area contributed by atoms with Crippen LogP contribution in [-0.2, 0) is 6.54 Å². The molecular weight excluding hydrogens is 334 g/mol. The van der Waals surface area contributed by atoms with Crippen molar-refractivity contribution in [1.82, 2.24) is 10.2 Å². The van der Waals surface area contributed by atoms with Crippen LogP contribution in [0.2, 0.25) is 0 Å². The zero-order chi connectivity index (χ0) is 14.8. The standard InChI is InChI=1S/C15H20BrN3O2/c16-14-4-3-11(8-15(14)19(20)21)10-17-12-5-7-18-6-1-2-13(18)9-12/h3-4,8,12-13,17H,1-2,5-7,9-10H2. The summed E-state index contributed by atoms with van der Waals surface area (Å²) in [7, 11) is 0. The number of nitro benzene ring substituents is 1. The van der Waals surface area contributed by atoms with Crippen LogP contribution in [0.5, 0.6) is 0 Å². The third-order valence-electron chi connectivity index (χ3n) is 4.62. The summed E-state index contributed by atoms with van der Waals surface area (Å²) in [5.41, 5.74) is 1.11. The number of piperidine rings is 1. The first kappa shape index (κ1) is 14.9. The molecule has 21 heavy (non-hydrogen) atoms. The van der Waals surface area contributed by atoms with E-state index in [9.17, 15) is 10.1 Å². The summed E-state index contributed by atoms with van der Waals surface area (Å²) in [6.07, 6.45) is 5.03. The number of rotatable bonds is 4. The third-order valence-corrected chi connectivity index (χ3v) is 5.29. The Hall–Kier alpha value is -0.980. The first-order valence-corrected chi connectivity index (χ1v) is 8.33. The van der Waals surface area contributed by atoms with Crippen molar-refractivity contribution in [3.8, 4) is 0 Å². The molecule has 2 unspecified atom stereocenters. The molecule has 0 saturated carbocycles. The summed E-state index contributed by atoms with van der Waals surface area (Å²) >= 11 is 3.22. The second kappa shape index (κ2) is 6.42. The zero-order valence-electron chi connectivity index (χ0n) is 11.9. The minimum absolute atomic E-state index is 0.139. The molecule has 114 valence electrons. The lowest BCUT2D eigenvalue weighted by molar-refractivity contribution is -0.385. The van der Waals surface area contributed by atoms with Gasteiger partial charge in [-0.05, 0) is 66.3 Å². The Bertz CT molecular complexity index is 538. The molecule has 0 bridgehead atoms. The van der Waals surface area contributed by atoms with Gasteiger partial charge in [0.2, 0.25) is 0 Å². The molecule has 2 aliphatic heterocycles. The monoisotopic (exact) mass is 353 g/mol. The number of nitrogens with one attached hydrogen (secondary N) is 1. The van der Waals surface area contributed by atoms with Crippen molar-refractivity contribution in [2.24, 2.45) is 0 Å². The molecule has 0 spiro atoms. The highest BCUT2D eigenvalue weighted by Crippen LogP contribution is 2.28. The molecule has 0 aromatic heterocycles. The smallest absolute Gasteiger partial charge is 0.283 e. The van der Waals surface area contributed by atoms with E-state index in [2.05, 4.69) is 26.1 Å². The summed E-state index contributed by atoms with van der Waals surface area (Å²) in [6, 6.07) is 6.63. The van der Waals surface area contributed by atoms with Gasteiger partial charge in [-0.2, -0.15) is 0 Å². The van der Waals surface area contributed by atoms with Crippen LogP contribution in [0.25, 0.3) is 0 Å². The summed E-state index contributed by atoms with van der Waals surface area (Å²) < 4.78 is 0.538. The van der Waals surface area contributed by atoms with Gasteiger partial charge in [-0.1, -0.05) is 6.07 Å². The molecule has 5 nitrogen and oxygen atoms in total. The Morgan fingerprint density at radius 2 is 2.24 bits per heavy atom. The molecule has 3 rings (SSSR count). The fourth-order valence-electron chi connectivity index (χ4n) is 3.48. The van der Waals surface area contributed by atoms with Gasteiger partial charge < -0.3 is 10.2 Å². The predicted octanol–water partition coefficient (Wildman–Crippen LogP) is 3.07. The predicted molar refractivity (Wildman–Crippen MR) is 85.3 cm³/mol. The van der Waals surface area contributed by atoms with E-state index in [4.69, 9.17) is 0 Å². The number of nitrogens with zero attached hydrogens (tertiary/aromatic N) is 2. The van der Waals surface area contributed by atoms with Gasteiger partial charge in [-0.15, -0.1) is 0 Å². The number of hydrogen-bond acceptors (Lipinski definition) is 4. The average molecular weight is 354 g/mol. The molecule has 2 heterocycles. The first-order chi connectivity index (χ1) is 10.1. The van der Waals surface area contributed by atoms with Crippen molar-refractivity contribution < 1.29 is 4.92 Å². The van der Waals surface area contributed by atoms with Gasteiger partial charge in [-0.3, -0.25) is 10.1 Å². The number of fused-ring (bicyclic) bond motifs is 1. The molecule has 1 aromatic carbocycles. The van der Waals surface area contributed by atoms with Crippen molar-refractivity contribution >= 4 is 21.6 Å². The number of hydrogen-bond donors (Lipinski definition) is 1. The van der Waals surface area contributed by atoms with Crippen LogP contribution in [0.3, 0.4) is 0 Å². The zero-order valence-corrected chi connectivity index (χ0v) is 13.5. The van der Waals surface area contributed by atoms with Crippen molar-refractivity contribution in [2.75, 3.05) is 13.1 Å². The lowest BCUT2D eigenvalue weighted by Gasteiger charge is -2.35. The van der Waals surface area contributed by atoms with Gasteiger partial charge >= 0.3 is 0 Å². The van der Waals surface area contributed by atoms with Crippen LogP contribution in [-0.4, -0.2) is 35.0 Å². The normalized spacial score (nSPS) is 25.8. The Morgan fingerprint density at radius 3 is 3.05 bits per heavy atom. The summed E-state index contributed by atoms with van der Waals surface area (Å²) in [5, 5.41) is 14.5. The molecule has 1 N–H and O–H groups in total. The third kappa shape index (κ3) is 3.44. The maximum absolute atomic E-state index is 11.0. The lowest BCUT2D eigenvalue weighted by atomic mass is 9.97. The molecule has 2 fully saturated rings. The van der Waals surface area contributed by atoms with E-state index in [1.807, 2.05) is 6.07 Å². The highest BCUT2D eigenvalue weighted by molar-refractivity contribution is 9.10. The van der Waals surface area contributed by atoms with Crippen molar-refractivity contribution in [3.63, 3.8) is 0 Å². The van der Waals surface area contributed by atoms with Crippen molar-refractivity contribution in [2.45, 2.75) is 44.3 Å². The number of benzene rings is 1. The van der Waals surface area contributed by atoms with Gasteiger partial charge in [0.05, 0.1) is 9.40 Å². The van der Waals surface area contributed by atoms with Crippen LogP contribution < -0.4 is 5.32 Å². The first-order valence-electron chi connectivity index (χ1n) is 7.54. The van der Waals surface area contributed by atoms with Gasteiger partial charge in [0, 0.05) is 24.7 Å². The van der Waals surface area contributed by atoms with Gasteiger partial charge in [0.1, 0.15) is 0 Å². The number of halogens is 1. The van der Waals surface area contributed by atoms with Gasteiger partial charge in [-0.25, -0.2) is 0 Å². The quantitative estimate of drug-likeness (QED) is 0.667. The largest absolute Gasteiger partial charge is 0.310 e. The van der Waals surface area contributed by atoms with E-state index >= 15 is 0 Å². The summed E-state index contributed by atoms with van der Waals surface area (Å²) in [4.78, 5) is 13.2. The summed E-state index contributed by atoms with van der Waals surface area (Å²) in [5.74, 6) is 0. The minimum Gasteiger partial charge on any atom is -0.310 e. The second-order valence-corrected chi connectivity index (χ2v) is 6.83. The van der Waals surface area contributed by atoms with E-state index in [0.29, 0.717) is 17.1 Å². The van der Waals surface area contributed by atoms with Crippen LogP contribution in [0.15, 0.2) is 22.7 Å². The maximum Gasteiger partial charge on any atom is 0.283 e. The van der Waals surface area contributed by atoms with Gasteiger partial charge in [0.25, 0.3) is 5.69 Å². The Kier molecular flexibility index (Phi) is 4.57. The molecule has 0 aliphatic carbocycles. The molecule has 1 aromatic rings. The minimum atomic E-state index is -0.343. The topological polar surface area (TPSA) is 58.4 Å². The van der Waals surface area contributed by atoms with E-state index in [1.165, 1.54) is 38.8 Å². The molecule has 2 atom stereocenters. The van der Waals surface area contributed by atoms with Crippen LogP contribution >= 0.6 is 15.9 Å². The number of nitro groups is 1. The Morgan fingerprint density at radius 1 is 1.38 bits per heavy atom. The Labute approximate surface area is 133 Å². The fourth-order valence-corrected chi connectivity index (χ4v) is 3.87. The van der Waals surface area contributed by atoms with E-state index in [-0.39, 0.29) is 10.6 Å². The van der Waals surface area contributed by atoms with Crippen molar-refractivity contribution in [3.05, 3.63) is 38.3 Å². The molecular formula is C15H20BrN3O2. The van der Waals surface area contributed by atoms with E-state index in [1.54, 1.807) is 12.1 Å². The van der Waals surface area contributed by atoms with Crippen LogP contribution in [0, 0.1) is 10.1 Å². The van der Waals surface area contributed by atoms with Crippen LogP contribution in [0.4, 0.5) is 5.69 Å². The van der Waals surface area contributed by atoms with E-state index in [0.717, 1.165) is 11.6 Å². The summed E-state index contributed by atoms with van der Waals surface area (Å²) in [6.45, 7) is 3.14. The second-order valence-electron chi connectivity index (χ2n) is 5.98. The molecule has 2 aliphatic rings. The molecule has 0 radical (unpaired) electrons. The van der Waals surface area contributed by atoms with Crippen molar-refractivity contribution in [1.29, 1.82) is 0 Å². The highest BCUT2D eigenvalue weighted by atomic mass is 79.9. The molecule has 2 saturated heterocycles. The average Bonchev–Trinajstić information content (AvgIpc) is 2.93. The maximum atomic E-state index is 11.0. The Balaban J connectivity index is 1.58.